The Morgan fingerprint density at radius 2 is 1.82 bits per heavy atom. The molecule has 2 aliphatic heterocycles. The van der Waals surface area contributed by atoms with E-state index in [1.165, 1.54) is 38.1 Å². The fraction of sp³-hybridized carbons (Fsp3) is 0.355. The van der Waals surface area contributed by atoms with E-state index in [1.54, 1.807) is 22.7 Å². The molecule has 2 N–H and O–H groups in total. The van der Waals surface area contributed by atoms with Gasteiger partial charge >= 0.3 is 0 Å². The van der Waals surface area contributed by atoms with Crippen molar-refractivity contribution in [2.45, 2.75) is 26.2 Å². The molecule has 2 saturated heterocycles. The Balaban J connectivity index is 0.00000384. The van der Waals surface area contributed by atoms with Crippen LogP contribution < -0.4 is 15.4 Å². The van der Waals surface area contributed by atoms with Gasteiger partial charge in [0.2, 0.25) is 11.7 Å². The second kappa shape index (κ2) is 13.1. The van der Waals surface area contributed by atoms with E-state index in [-0.39, 0.29) is 41.5 Å². The number of methoxy groups -OCH3 is 1. The van der Waals surface area contributed by atoms with E-state index >= 15 is 0 Å². The number of carbonyl (C=O) groups is 2. The number of hydrogen-bond donors (Lipinski definition) is 2. The van der Waals surface area contributed by atoms with Gasteiger partial charge in [0.25, 0.3) is 5.91 Å². The number of anilines is 2. The lowest BCUT2D eigenvalue weighted by Crippen LogP contribution is -2.48. The zero-order chi connectivity index (χ0) is 30.1. The summed E-state index contributed by atoms with van der Waals surface area (Å²) in [6.45, 7) is 5.61. The minimum absolute atomic E-state index is 0. The van der Waals surface area contributed by atoms with Crippen molar-refractivity contribution < 1.29 is 23.1 Å². The largest absolute Gasteiger partial charge is 0.494 e. The maximum atomic E-state index is 14.8. The molecule has 0 unspecified atom stereocenters. The van der Waals surface area contributed by atoms with Crippen LogP contribution in [0.2, 0.25) is 0 Å². The molecule has 6 rings (SSSR count). The van der Waals surface area contributed by atoms with Gasteiger partial charge in [-0.15, -0.1) is 12.4 Å². The van der Waals surface area contributed by atoms with Crippen LogP contribution in [0.3, 0.4) is 0 Å². The number of piperidine rings is 1. The van der Waals surface area contributed by atoms with Crippen molar-refractivity contribution in [3.63, 3.8) is 0 Å². The predicted molar refractivity (Wildman–Crippen MR) is 164 cm³/mol. The van der Waals surface area contributed by atoms with Gasteiger partial charge in [-0.05, 0) is 62.1 Å². The molecule has 2 amide bonds. The molecule has 0 bridgehead atoms. The van der Waals surface area contributed by atoms with Gasteiger partial charge in [0, 0.05) is 61.3 Å². The maximum absolute atomic E-state index is 14.8. The number of aromatic nitrogens is 3. The van der Waals surface area contributed by atoms with Crippen molar-refractivity contribution in [3.05, 3.63) is 71.7 Å². The van der Waals surface area contributed by atoms with Crippen LogP contribution in [0.1, 0.15) is 35.2 Å². The fourth-order valence-corrected chi connectivity index (χ4v) is 5.60. The number of likely N-dealkylation sites (tertiary alicyclic amines) is 2. The first-order chi connectivity index (χ1) is 20.8. The van der Waals surface area contributed by atoms with Crippen molar-refractivity contribution in [2.75, 3.05) is 45.3 Å². The standard InChI is InChI=1S/C31H33F2N7O3.ClH/c1-19-16-21(4-5-22(19)31(42)39-13-8-20(9-14-39)30(41)36-18-38-11-3-12-38)37-28-29-35-17-24(40(29)15-10-34-28)23-6-7-25(43-2)27(33)26(23)32;/h4-7,10,15-17,20H,3,8-9,11-14,18H2,1-2H3,(H,34,37)(H,36,41);1H. The summed E-state index contributed by atoms with van der Waals surface area (Å²) in [6.07, 6.45) is 7.09. The minimum Gasteiger partial charge on any atom is -0.494 e. The van der Waals surface area contributed by atoms with E-state index in [4.69, 9.17) is 4.74 Å². The molecule has 13 heteroatoms. The number of imidazole rings is 1. The quantitative estimate of drug-likeness (QED) is 0.290. The Morgan fingerprint density at radius 1 is 1.05 bits per heavy atom. The second-order valence-electron chi connectivity index (χ2n) is 10.9. The first kappa shape index (κ1) is 31.1. The third kappa shape index (κ3) is 6.04. The number of carbonyl (C=O) groups excluding carboxylic acids is 2. The molecular weight excluding hydrogens is 592 g/mol. The van der Waals surface area contributed by atoms with Crippen LogP contribution in [-0.4, -0.2) is 75.9 Å². The van der Waals surface area contributed by atoms with Gasteiger partial charge in [0.1, 0.15) is 0 Å². The lowest BCUT2D eigenvalue weighted by Gasteiger charge is -2.34. The highest BCUT2D eigenvalue weighted by Crippen LogP contribution is 2.32. The average Bonchev–Trinajstić information content (AvgIpc) is 3.42. The maximum Gasteiger partial charge on any atom is 0.254 e. The summed E-state index contributed by atoms with van der Waals surface area (Å²) in [6, 6.07) is 8.24. The number of benzene rings is 2. The highest BCUT2D eigenvalue weighted by Gasteiger charge is 2.29. The smallest absolute Gasteiger partial charge is 0.254 e. The number of hydrogen-bond acceptors (Lipinski definition) is 7. The molecule has 2 aromatic carbocycles. The topological polar surface area (TPSA) is 104 Å². The third-order valence-electron chi connectivity index (χ3n) is 8.27. The summed E-state index contributed by atoms with van der Waals surface area (Å²) in [5.74, 6) is -1.93. The van der Waals surface area contributed by atoms with Gasteiger partial charge in [-0.3, -0.25) is 18.9 Å². The number of amides is 2. The molecule has 2 fully saturated rings. The summed E-state index contributed by atoms with van der Waals surface area (Å²) >= 11 is 0. The van der Waals surface area contributed by atoms with Gasteiger partial charge in [-0.25, -0.2) is 14.4 Å². The van der Waals surface area contributed by atoms with Crippen molar-refractivity contribution in [1.82, 2.24) is 29.5 Å². The molecule has 10 nitrogen and oxygen atoms in total. The van der Waals surface area contributed by atoms with Crippen molar-refractivity contribution in [1.29, 1.82) is 0 Å². The summed E-state index contributed by atoms with van der Waals surface area (Å²) in [4.78, 5) is 38.7. The Kier molecular flexibility index (Phi) is 9.31. The molecule has 0 aliphatic carbocycles. The lowest BCUT2D eigenvalue weighted by molar-refractivity contribution is -0.127. The van der Waals surface area contributed by atoms with Gasteiger partial charge in [0.05, 0.1) is 25.7 Å². The Labute approximate surface area is 259 Å². The van der Waals surface area contributed by atoms with E-state index < -0.39 is 11.6 Å². The summed E-state index contributed by atoms with van der Waals surface area (Å²) in [5.41, 5.74) is 2.89. The Hall–Kier alpha value is -4.29. The van der Waals surface area contributed by atoms with Crippen LogP contribution in [0.15, 0.2) is 48.9 Å². The highest BCUT2D eigenvalue weighted by molar-refractivity contribution is 5.96. The van der Waals surface area contributed by atoms with Crippen LogP contribution in [0, 0.1) is 24.5 Å². The SMILES string of the molecule is COc1ccc(-c2cnc3c(Nc4ccc(C(=O)N5CCC(C(=O)NCN6CCC6)CC5)c(C)c4)nccn23)c(F)c1F.Cl. The van der Waals surface area contributed by atoms with E-state index in [0.29, 0.717) is 61.0 Å². The third-order valence-corrected chi connectivity index (χ3v) is 8.27. The van der Waals surface area contributed by atoms with Crippen LogP contribution in [0.25, 0.3) is 16.9 Å². The van der Waals surface area contributed by atoms with E-state index in [0.717, 1.165) is 18.7 Å². The lowest BCUT2D eigenvalue weighted by atomic mass is 9.95. The van der Waals surface area contributed by atoms with Gasteiger partial charge in [-0.1, -0.05) is 0 Å². The minimum atomic E-state index is -1.07. The summed E-state index contributed by atoms with van der Waals surface area (Å²) in [5, 5.41) is 6.26. The number of ether oxygens (including phenoxy) is 1. The van der Waals surface area contributed by atoms with Gasteiger partial charge in [0.15, 0.2) is 23.0 Å². The first-order valence-corrected chi connectivity index (χ1v) is 14.4. The van der Waals surface area contributed by atoms with Crippen LogP contribution >= 0.6 is 12.4 Å². The zero-order valence-corrected chi connectivity index (χ0v) is 25.3. The molecule has 0 radical (unpaired) electrons. The van der Waals surface area contributed by atoms with Crippen molar-refractivity contribution >= 4 is 41.4 Å². The van der Waals surface area contributed by atoms with Crippen LogP contribution in [0.5, 0.6) is 5.75 Å². The fourth-order valence-electron chi connectivity index (χ4n) is 5.60. The Bertz CT molecular complexity index is 1690. The number of nitrogens with zero attached hydrogens (tertiary/aromatic N) is 5. The molecule has 232 valence electrons. The molecular formula is C31H34ClF2N7O3. The molecule has 0 saturated carbocycles. The molecule has 44 heavy (non-hydrogen) atoms. The summed E-state index contributed by atoms with van der Waals surface area (Å²) in [7, 11) is 1.28. The van der Waals surface area contributed by atoms with Crippen molar-refractivity contribution in [3.8, 4) is 17.0 Å². The first-order valence-electron chi connectivity index (χ1n) is 14.4. The molecule has 4 heterocycles. The van der Waals surface area contributed by atoms with Gasteiger partial charge in [-0.2, -0.15) is 4.39 Å². The van der Waals surface area contributed by atoms with Crippen molar-refractivity contribution in [2.24, 2.45) is 5.92 Å². The monoisotopic (exact) mass is 625 g/mol. The van der Waals surface area contributed by atoms with Gasteiger partial charge < -0.3 is 20.3 Å². The molecule has 0 atom stereocenters. The number of fused-ring (bicyclic) bond motifs is 1. The number of nitrogens with one attached hydrogen (secondary N) is 2. The summed E-state index contributed by atoms with van der Waals surface area (Å²) < 4.78 is 35.7. The zero-order valence-electron chi connectivity index (χ0n) is 24.5. The normalized spacial score (nSPS) is 15.4. The van der Waals surface area contributed by atoms with E-state index in [2.05, 4.69) is 25.5 Å². The highest BCUT2D eigenvalue weighted by atomic mass is 35.5. The Morgan fingerprint density at radius 3 is 2.50 bits per heavy atom. The van der Waals surface area contributed by atoms with E-state index in [1.807, 2.05) is 17.9 Å². The average molecular weight is 626 g/mol. The molecule has 4 aromatic rings. The number of halogens is 3. The molecule has 2 aliphatic rings. The number of aryl methyl sites for hydroxylation is 1. The molecule has 2 aromatic heterocycles. The predicted octanol–water partition coefficient (Wildman–Crippen LogP) is 4.79. The second-order valence-corrected chi connectivity index (χ2v) is 10.9. The number of rotatable bonds is 8. The van der Waals surface area contributed by atoms with Crippen LogP contribution in [0.4, 0.5) is 20.3 Å². The van der Waals surface area contributed by atoms with Crippen LogP contribution in [-0.2, 0) is 4.79 Å². The van der Waals surface area contributed by atoms with E-state index in [9.17, 15) is 18.4 Å². The molecule has 0 spiro atoms.